The Balaban J connectivity index is 2.25. The molecule has 1 heterocycles. The van der Waals surface area contributed by atoms with E-state index in [0.29, 0.717) is 0 Å². The van der Waals surface area contributed by atoms with Crippen molar-refractivity contribution in [2.45, 2.75) is 37.8 Å². The van der Waals surface area contributed by atoms with E-state index in [1.165, 1.54) is 0 Å². The molecule has 1 aromatic rings. The monoisotopic (exact) mass is 332 g/mol. The lowest BCUT2D eigenvalue weighted by atomic mass is 9.78. The minimum absolute atomic E-state index is 0.312. The van der Waals surface area contributed by atoms with Gasteiger partial charge in [0, 0.05) is 17.9 Å². The number of unbranched alkanes of at least 4 members (excludes halogenated alkanes) is 1. The zero-order chi connectivity index (χ0) is 17.0. The lowest BCUT2D eigenvalue weighted by molar-refractivity contribution is 0.0564. The lowest BCUT2D eigenvalue weighted by Gasteiger charge is -2.49. The number of nitrogens with zero attached hydrogens (tertiary/aromatic N) is 2. The summed E-state index contributed by atoms with van der Waals surface area (Å²) in [5.41, 5.74) is 1.73. The predicted octanol–water partition coefficient (Wildman–Crippen LogP) is 1.45. The summed E-state index contributed by atoms with van der Waals surface area (Å²) in [6.45, 7) is 1.76. The third kappa shape index (κ3) is 3.56. The van der Waals surface area contributed by atoms with Gasteiger partial charge in [-0.15, -0.1) is 0 Å². The van der Waals surface area contributed by atoms with Crippen LogP contribution in [0.3, 0.4) is 0 Å². The van der Waals surface area contributed by atoms with E-state index in [-0.39, 0.29) is 12.5 Å². The summed E-state index contributed by atoms with van der Waals surface area (Å²) in [4.78, 5) is 0. The standard InChI is InChI=1S/C17H20N2O3S/c1-3-4-5-6-13-7-9-14(10-8-13)17-15(11-18)19(16(17)12-20)23(2,21)22/h7-10,15-17,20H,3-4,12H2,1-2H3/t15-,16+,17+/m0/s1. The van der Waals surface area contributed by atoms with Gasteiger partial charge in [0.1, 0.15) is 6.04 Å². The Kier molecular flexibility index (Phi) is 5.43. The Labute approximate surface area is 137 Å². The van der Waals surface area contributed by atoms with Crippen LogP contribution in [-0.2, 0) is 10.0 Å². The first-order chi connectivity index (χ1) is 10.9. The summed E-state index contributed by atoms with van der Waals surface area (Å²) < 4.78 is 24.6. The quantitative estimate of drug-likeness (QED) is 0.846. The molecule has 122 valence electrons. The van der Waals surface area contributed by atoms with Crippen LogP contribution in [0.2, 0.25) is 0 Å². The van der Waals surface area contributed by atoms with Crippen molar-refractivity contribution < 1.29 is 13.5 Å². The summed E-state index contributed by atoms with van der Waals surface area (Å²) in [6.07, 6.45) is 2.91. The molecule has 6 heteroatoms. The molecule has 1 aliphatic rings. The molecule has 1 N–H and O–H groups in total. The summed E-state index contributed by atoms with van der Waals surface area (Å²) in [5.74, 6) is 5.80. The third-order valence-corrected chi connectivity index (χ3v) is 5.23. The fourth-order valence-corrected chi connectivity index (χ4v) is 4.18. The molecule has 1 saturated heterocycles. The fraction of sp³-hybridized carbons (Fsp3) is 0.471. The molecule has 23 heavy (non-hydrogen) atoms. The molecule has 1 fully saturated rings. The third-order valence-electron chi connectivity index (χ3n) is 3.96. The number of hydrogen-bond donors (Lipinski definition) is 1. The first-order valence-electron chi connectivity index (χ1n) is 7.51. The zero-order valence-corrected chi connectivity index (χ0v) is 14.0. The SMILES string of the molecule is CCCC#Cc1ccc([C@H]2[C@@H](CO)N(S(C)(=O)=O)[C@H]2C#N)cc1. The van der Waals surface area contributed by atoms with E-state index in [9.17, 15) is 18.8 Å². The van der Waals surface area contributed by atoms with Crippen molar-refractivity contribution >= 4 is 10.0 Å². The van der Waals surface area contributed by atoms with Crippen LogP contribution in [0.5, 0.6) is 0 Å². The number of hydrogen-bond acceptors (Lipinski definition) is 4. The van der Waals surface area contributed by atoms with Gasteiger partial charge in [-0.2, -0.15) is 9.57 Å². The molecule has 0 spiro atoms. The van der Waals surface area contributed by atoms with E-state index in [1.807, 2.05) is 30.3 Å². The maximum Gasteiger partial charge on any atom is 0.212 e. The van der Waals surface area contributed by atoms with Crippen molar-refractivity contribution in [3.8, 4) is 17.9 Å². The number of nitriles is 1. The maximum absolute atomic E-state index is 11.8. The molecule has 0 saturated carbocycles. The Bertz CT molecular complexity index is 754. The molecule has 5 nitrogen and oxygen atoms in total. The Morgan fingerprint density at radius 1 is 1.30 bits per heavy atom. The lowest BCUT2D eigenvalue weighted by Crippen LogP contribution is -2.64. The highest BCUT2D eigenvalue weighted by Crippen LogP contribution is 2.41. The van der Waals surface area contributed by atoms with Crippen molar-refractivity contribution in [2.24, 2.45) is 0 Å². The van der Waals surface area contributed by atoms with Gasteiger partial charge in [0.15, 0.2) is 0 Å². The Hall–Kier alpha value is -1.86. The number of rotatable bonds is 4. The Morgan fingerprint density at radius 3 is 2.43 bits per heavy atom. The van der Waals surface area contributed by atoms with Crippen molar-refractivity contribution in [3.05, 3.63) is 35.4 Å². The first-order valence-corrected chi connectivity index (χ1v) is 9.36. The average molecular weight is 332 g/mol. The minimum atomic E-state index is -3.52. The van der Waals surface area contributed by atoms with Crippen LogP contribution in [-0.4, -0.2) is 42.8 Å². The van der Waals surface area contributed by atoms with E-state index in [2.05, 4.69) is 18.8 Å². The molecular formula is C17H20N2O3S. The summed E-state index contributed by atoms with van der Waals surface area (Å²) in [6, 6.07) is 8.10. The van der Waals surface area contributed by atoms with Gasteiger partial charge in [-0.3, -0.25) is 0 Å². The first kappa shape index (κ1) is 17.5. The summed E-state index contributed by atoms with van der Waals surface area (Å²) in [7, 11) is -3.52. The van der Waals surface area contributed by atoms with E-state index in [0.717, 1.165) is 34.5 Å². The average Bonchev–Trinajstić information content (AvgIpc) is 2.47. The molecule has 1 aromatic carbocycles. The zero-order valence-electron chi connectivity index (χ0n) is 13.2. The molecule has 0 radical (unpaired) electrons. The van der Waals surface area contributed by atoms with Crippen molar-refractivity contribution in [3.63, 3.8) is 0 Å². The van der Waals surface area contributed by atoms with Crippen LogP contribution in [0, 0.1) is 23.2 Å². The van der Waals surface area contributed by atoms with Crippen LogP contribution in [0.15, 0.2) is 24.3 Å². The van der Waals surface area contributed by atoms with Gasteiger partial charge in [-0.1, -0.05) is 30.9 Å². The number of benzene rings is 1. The molecule has 0 aromatic heterocycles. The van der Waals surface area contributed by atoms with Crippen molar-refractivity contribution in [2.75, 3.05) is 12.9 Å². The van der Waals surface area contributed by atoms with Gasteiger partial charge in [-0.25, -0.2) is 8.42 Å². The Morgan fingerprint density at radius 2 is 1.96 bits per heavy atom. The fourth-order valence-electron chi connectivity index (χ4n) is 2.90. The van der Waals surface area contributed by atoms with Crippen molar-refractivity contribution in [1.82, 2.24) is 4.31 Å². The molecule has 1 aliphatic heterocycles. The largest absolute Gasteiger partial charge is 0.395 e. The normalized spacial score (nSPS) is 24.2. The van der Waals surface area contributed by atoms with Gasteiger partial charge >= 0.3 is 0 Å². The second-order valence-electron chi connectivity index (χ2n) is 5.62. The van der Waals surface area contributed by atoms with E-state index < -0.39 is 22.1 Å². The molecule has 2 rings (SSSR count). The summed E-state index contributed by atoms with van der Waals surface area (Å²) >= 11 is 0. The summed E-state index contributed by atoms with van der Waals surface area (Å²) in [5, 5.41) is 18.8. The number of aliphatic hydroxyl groups is 1. The second-order valence-corrected chi connectivity index (χ2v) is 7.50. The van der Waals surface area contributed by atoms with Crippen LogP contribution in [0.4, 0.5) is 0 Å². The van der Waals surface area contributed by atoms with Gasteiger partial charge in [0.05, 0.1) is 25.0 Å². The molecule has 0 bridgehead atoms. The molecule has 3 atom stereocenters. The number of aliphatic hydroxyl groups excluding tert-OH is 1. The topological polar surface area (TPSA) is 81.4 Å². The van der Waals surface area contributed by atoms with E-state index >= 15 is 0 Å². The highest BCUT2D eigenvalue weighted by molar-refractivity contribution is 7.88. The molecule has 0 amide bonds. The minimum Gasteiger partial charge on any atom is -0.395 e. The number of sulfonamides is 1. The van der Waals surface area contributed by atoms with E-state index in [4.69, 9.17) is 0 Å². The highest BCUT2D eigenvalue weighted by atomic mass is 32.2. The van der Waals surface area contributed by atoms with Crippen LogP contribution in [0.1, 0.15) is 36.8 Å². The molecule has 0 aliphatic carbocycles. The molecule has 0 unspecified atom stereocenters. The van der Waals surface area contributed by atoms with E-state index in [1.54, 1.807) is 0 Å². The van der Waals surface area contributed by atoms with Crippen LogP contribution < -0.4 is 0 Å². The predicted molar refractivity (Wildman–Crippen MR) is 87.9 cm³/mol. The van der Waals surface area contributed by atoms with Crippen molar-refractivity contribution in [1.29, 1.82) is 5.26 Å². The van der Waals surface area contributed by atoms with Gasteiger partial charge in [0.25, 0.3) is 0 Å². The highest BCUT2D eigenvalue weighted by Gasteiger charge is 2.53. The van der Waals surface area contributed by atoms with Gasteiger partial charge in [0.2, 0.25) is 10.0 Å². The van der Waals surface area contributed by atoms with Gasteiger partial charge in [-0.05, 0) is 24.1 Å². The second kappa shape index (κ2) is 7.14. The van der Waals surface area contributed by atoms with Crippen LogP contribution >= 0.6 is 0 Å². The maximum atomic E-state index is 11.8. The smallest absolute Gasteiger partial charge is 0.212 e. The molecular weight excluding hydrogens is 312 g/mol. The van der Waals surface area contributed by atoms with Crippen LogP contribution in [0.25, 0.3) is 0 Å². The van der Waals surface area contributed by atoms with Gasteiger partial charge < -0.3 is 5.11 Å².